The molecule has 126 valence electrons. The lowest BCUT2D eigenvalue weighted by molar-refractivity contribution is -0.123. The van der Waals surface area contributed by atoms with Crippen molar-refractivity contribution in [2.24, 2.45) is 5.41 Å². The van der Waals surface area contributed by atoms with Gasteiger partial charge in [0.05, 0.1) is 5.39 Å². The molecule has 0 aromatic carbocycles. The first-order valence-electron chi connectivity index (χ1n) is 7.70. The summed E-state index contributed by atoms with van der Waals surface area (Å²) >= 11 is 0. The van der Waals surface area contributed by atoms with Gasteiger partial charge in [0.2, 0.25) is 11.9 Å². The van der Waals surface area contributed by atoms with Crippen LogP contribution in [-0.2, 0) is 4.79 Å². The predicted molar refractivity (Wildman–Crippen MR) is 98.5 cm³/mol. The molecular formula is C17H22N4O2Si. The summed E-state index contributed by atoms with van der Waals surface area (Å²) in [6, 6.07) is 1.68. The number of fused-ring (bicyclic) bond motifs is 1. The Bertz CT molecular complexity index is 909. The number of hydrogen-bond acceptors (Lipinski definition) is 4. The number of carbonyl (C=O) groups excluding carboxylic acids is 1. The molecule has 2 rings (SSSR count). The molecule has 0 fully saturated rings. The second-order valence-electron chi connectivity index (χ2n) is 7.71. The van der Waals surface area contributed by atoms with Crippen LogP contribution in [0.4, 0.5) is 5.95 Å². The fourth-order valence-corrected chi connectivity index (χ4v) is 2.22. The molecule has 0 unspecified atom stereocenters. The van der Waals surface area contributed by atoms with E-state index >= 15 is 0 Å². The van der Waals surface area contributed by atoms with Crippen LogP contribution >= 0.6 is 0 Å². The lowest BCUT2D eigenvalue weighted by Gasteiger charge is -2.16. The molecule has 2 aromatic rings. The fraction of sp³-hybridized carbons (Fsp3) is 0.412. The van der Waals surface area contributed by atoms with Gasteiger partial charge < -0.3 is 0 Å². The van der Waals surface area contributed by atoms with Crippen LogP contribution < -0.4 is 10.9 Å². The number of aromatic amines is 1. The molecule has 0 spiro atoms. The van der Waals surface area contributed by atoms with Crippen molar-refractivity contribution in [3.8, 4) is 11.5 Å². The first-order valence-corrected chi connectivity index (χ1v) is 11.2. The first kappa shape index (κ1) is 17.9. The van der Waals surface area contributed by atoms with Crippen LogP contribution in [0.1, 0.15) is 26.3 Å². The molecule has 6 nitrogen and oxygen atoms in total. The first-order chi connectivity index (χ1) is 11.0. The molecule has 2 N–H and O–H groups in total. The number of nitrogens with zero attached hydrogens (tertiary/aromatic N) is 2. The lowest BCUT2D eigenvalue weighted by Crippen LogP contribution is -2.29. The highest BCUT2D eigenvalue weighted by molar-refractivity contribution is 6.83. The summed E-state index contributed by atoms with van der Waals surface area (Å²) < 4.78 is 0. The predicted octanol–water partition coefficient (Wildman–Crippen LogP) is 2.53. The largest absolute Gasteiger partial charge is 0.296 e. The molecule has 0 aliphatic carbocycles. The van der Waals surface area contributed by atoms with E-state index in [1.807, 2.05) is 0 Å². The average molecular weight is 342 g/mol. The maximum Gasteiger partial charge on any atom is 0.261 e. The number of nitrogens with one attached hydrogen (secondary N) is 2. The summed E-state index contributed by atoms with van der Waals surface area (Å²) in [7, 11) is -1.50. The zero-order chi connectivity index (χ0) is 18.1. The van der Waals surface area contributed by atoms with Gasteiger partial charge in [0.25, 0.3) is 5.56 Å². The maximum absolute atomic E-state index is 12.3. The minimum atomic E-state index is -1.50. The SMILES string of the molecule is CC(C)(C)C(=O)Nc1nc2ncc(C#C[Si](C)(C)C)cc2c(=O)[nH]1. The molecule has 0 aliphatic heterocycles. The molecule has 0 radical (unpaired) electrons. The van der Waals surface area contributed by atoms with Crippen LogP contribution in [0.15, 0.2) is 17.1 Å². The molecule has 0 saturated heterocycles. The summed E-state index contributed by atoms with van der Waals surface area (Å²) in [6.45, 7) is 11.8. The van der Waals surface area contributed by atoms with E-state index in [0.29, 0.717) is 10.9 Å². The van der Waals surface area contributed by atoms with Crippen molar-refractivity contribution in [2.75, 3.05) is 5.32 Å². The normalized spacial score (nSPS) is 11.8. The standard InChI is InChI=1S/C17H22N4O2Si/c1-17(2,3)15(23)21-16-19-13-12(14(22)20-16)9-11(10-18-13)7-8-24(4,5)6/h9-10H,1-6H3,(H2,18,19,20,21,22,23). The Balaban J connectivity index is 2.41. The number of pyridine rings is 1. The second-order valence-corrected chi connectivity index (χ2v) is 12.5. The number of H-pyrrole nitrogens is 1. The number of hydrogen-bond donors (Lipinski definition) is 2. The lowest BCUT2D eigenvalue weighted by atomic mass is 9.96. The van der Waals surface area contributed by atoms with Crippen molar-refractivity contribution in [1.82, 2.24) is 15.0 Å². The summed E-state index contributed by atoms with van der Waals surface area (Å²) in [5.74, 6) is 2.93. The van der Waals surface area contributed by atoms with Crippen molar-refractivity contribution >= 4 is 31.0 Å². The second kappa shape index (κ2) is 6.21. The van der Waals surface area contributed by atoms with Gasteiger partial charge in [-0.1, -0.05) is 46.3 Å². The van der Waals surface area contributed by atoms with E-state index < -0.39 is 13.5 Å². The van der Waals surface area contributed by atoms with Crippen molar-refractivity contribution < 1.29 is 4.79 Å². The third kappa shape index (κ3) is 4.52. The molecule has 0 bridgehead atoms. The summed E-state index contributed by atoms with van der Waals surface area (Å²) in [5.41, 5.74) is 3.26. The number of anilines is 1. The Kier molecular flexibility index (Phi) is 4.63. The minimum Gasteiger partial charge on any atom is -0.296 e. The van der Waals surface area contributed by atoms with E-state index in [0.717, 1.165) is 0 Å². The molecule has 2 heterocycles. The van der Waals surface area contributed by atoms with Crippen molar-refractivity contribution in [1.29, 1.82) is 0 Å². The molecule has 1 amide bonds. The molecule has 2 aromatic heterocycles. The molecule has 0 atom stereocenters. The van der Waals surface area contributed by atoms with Gasteiger partial charge in [0.1, 0.15) is 8.07 Å². The molecular weight excluding hydrogens is 320 g/mol. The number of carbonyl (C=O) groups is 1. The van der Waals surface area contributed by atoms with Gasteiger partial charge in [0.15, 0.2) is 5.65 Å². The van der Waals surface area contributed by atoms with E-state index in [-0.39, 0.29) is 23.1 Å². The Morgan fingerprint density at radius 1 is 1.29 bits per heavy atom. The van der Waals surface area contributed by atoms with Crippen molar-refractivity contribution in [2.45, 2.75) is 40.4 Å². The van der Waals surface area contributed by atoms with E-state index in [1.54, 1.807) is 33.0 Å². The zero-order valence-electron chi connectivity index (χ0n) is 14.9. The fourth-order valence-electron chi connectivity index (χ4n) is 1.70. The Labute approximate surface area is 142 Å². The van der Waals surface area contributed by atoms with Gasteiger partial charge in [-0.2, -0.15) is 4.98 Å². The molecule has 0 saturated carbocycles. The Morgan fingerprint density at radius 2 is 1.96 bits per heavy atom. The zero-order valence-corrected chi connectivity index (χ0v) is 15.9. The quantitative estimate of drug-likeness (QED) is 0.616. The van der Waals surface area contributed by atoms with Crippen LogP contribution in [0, 0.1) is 16.9 Å². The molecule has 0 aliphatic rings. The van der Waals surface area contributed by atoms with Gasteiger partial charge in [-0.15, -0.1) is 5.54 Å². The van der Waals surface area contributed by atoms with Crippen LogP contribution in [0.5, 0.6) is 0 Å². The Morgan fingerprint density at radius 3 is 2.54 bits per heavy atom. The number of amides is 1. The number of aromatic nitrogens is 3. The van der Waals surface area contributed by atoms with Gasteiger partial charge in [-0.3, -0.25) is 19.9 Å². The van der Waals surface area contributed by atoms with Crippen LogP contribution in [0.3, 0.4) is 0 Å². The van der Waals surface area contributed by atoms with Crippen LogP contribution in [-0.4, -0.2) is 28.9 Å². The third-order valence-corrected chi connectivity index (χ3v) is 3.93. The highest BCUT2D eigenvalue weighted by atomic mass is 28.3. The van der Waals surface area contributed by atoms with Crippen LogP contribution in [0.2, 0.25) is 19.6 Å². The number of rotatable bonds is 1. The summed E-state index contributed by atoms with van der Waals surface area (Å²) in [5, 5.41) is 2.96. The average Bonchev–Trinajstić information content (AvgIpc) is 2.43. The monoisotopic (exact) mass is 342 g/mol. The summed E-state index contributed by atoms with van der Waals surface area (Å²) in [4.78, 5) is 35.2. The third-order valence-electron chi connectivity index (χ3n) is 3.06. The van der Waals surface area contributed by atoms with E-state index in [2.05, 4.69) is 51.4 Å². The van der Waals surface area contributed by atoms with E-state index in [1.165, 1.54) is 0 Å². The minimum absolute atomic E-state index is 0.0980. The smallest absolute Gasteiger partial charge is 0.261 e. The van der Waals surface area contributed by atoms with E-state index in [4.69, 9.17) is 0 Å². The van der Waals surface area contributed by atoms with Crippen molar-refractivity contribution in [3.05, 3.63) is 28.2 Å². The molecule has 24 heavy (non-hydrogen) atoms. The molecule has 7 heteroatoms. The van der Waals surface area contributed by atoms with Gasteiger partial charge in [-0.05, 0) is 6.07 Å². The van der Waals surface area contributed by atoms with Gasteiger partial charge >= 0.3 is 0 Å². The highest BCUT2D eigenvalue weighted by Crippen LogP contribution is 2.16. The maximum atomic E-state index is 12.3. The highest BCUT2D eigenvalue weighted by Gasteiger charge is 2.22. The Hall–Kier alpha value is -2.46. The topological polar surface area (TPSA) is 87.7 Å². The van der Waals surface area contributed by atoms with Gasteiger partial charge in [-0.25, -0.2) is 4.98 Å². The van der Waals surface area contributed by atoms with Crippen LogP contribution in [0.25, 0.3) is 11.0 Å². The van der Waals surface area contributed by atoms with Gasteiger partial charge in [0, 0.05) is 17.2 Å². The van der Waals surface area contributed by atoms with Crippen molar-refractivity contribution in [3.63, 3.8) is 0 Å². The summed E-state index contributed by atoms with van der Waals surface area (Å²) in [6.07, 6.45) is 1.59. The van der Waals surface area contributed by atoms with E-state index in [9.17, 15) is 9.59 Å².